The van der Waals surface area contributed by atoms with Gasteiger partial charge in [-0.2, -0.15) is 0 Å². The number of hydrogen-bond donors (Lipinski definition) is 2. The molecule has 0 unspecified atom stereocenters. The number of anilines is 3. The van der Waals surface area contributed by atoms with Gasteiger partial charge in [-0.1, -0.05) is 44.5 Å². The molecule has 0 radical (unpaired) electrons. The van der Waals surface area contributed by atoms with Gasteiger partial charge in [0, 0.05) is 28.8 Å². The van der Waals surface area contributed by atoms with Crippen LogP contribution in [0.4, 0.5) is 17.3 Å². The van der Waals surface area contributed by atoms with Gasteiger partial charge in [0.05, 0.1) is 5.56 Å². The van der Waals surface area contributed by atoms with Gasteiger partial charge in [-0.05, 0) is 47.4 Å². The molecule has 3 rings (SSSR count). The Morgan fingerprint density at radius 1 is 0.889 bits per heavy atom. The van der Waals surface area contributed by atoms with Gasteiger partial charge < -0.3 is 10.6 Å². The fourth-order valence-electron chi connectivity index (χ4n) is 2.43. The fraction of sp³-hybridized carbons (Fsp3) is 0.190. The number of nitrogens with one attached hydrogen (secondary N) is 2. The quantitative estimate of drug-likeness (QED) is 0.633. The van der Waals surface area contributed by atoms with Gasteiger partial charge >= 0.3 is 0 Å². The van der Waals surface area contributed by atoms with E-state index in [2.05, 4.69) is 53.5 Å². The van der Waals surface area contributed by atoms with E-state index >= 15 is 0 Å². The molecule has 0 aliphatic carbocycles. The third-order valence-electron chi connectivity index (χ3n) is 4.02. The Morgan fingerprint density at radius 3 is 2.00 bits per heavy atom. The maximum absolute atomic E-state index is 12.3. The van der Waals surface area contributed by atoms with E-state index in [1.54, 1.807) is 24.3 Å². The van der Waals surface area contributed by atoms with Gasteiger partial charge in [0.25, 0.3) is 5.91 Å². The van der Waals surface area contributed by atoms with Crippen LogP contribution >= 0.6 is 11.6 Å². The van der Waals surface area contributed by atoms with Crippen LogP contribution in [-0.2, 0) is 5.41 Å². The molecule has 6 heteroatoms. The van der Waals surface area contributed by atoms with Crippen molar-refractivity contribution >= 4 is 34.8 Å². The third-order valence-corrected chi connectivity index (χ3v) is 4.28. The van der Waals surface area contributed by atoms with Crippen LogP contribution in [0.25, 0.3) is 0 Å². The molecule has 1 aromatic heterocycles. The molecule has 2 N–H and O–H groups in total. The summed E-state index contributed by atoms with van der Waals surface area (Å²) in [6.45, 7) is 6.52. The Balaban J connectivity index is 1.64. The normalized spacial score (nSPS) is 11.1. The van der Waals surface area contributed by atoms with Crippen molar-refractivity contribution in [1.29, 1.82) is 0 Å². The Labute approximate surface area is 163 Å². The van der Waals surface area contributed by atoms with E-state index in [4.69, 9.17) is 11.6 Å². The number of carbonyl (C=O) groups is 1. The lowest BCUT2D eigenvalue weighted by atomic mass is 9.87. The van der Waals surface area contributed by atoms with Crippen molar-refractivity contribution in [3.63, 3.8) is 0 Å². The van der Waals surface area contributed by atoms with Crippen LogP contribution in [0.2, 0.25) is 5.02 Å². The monoisotopic (exact) mass is 380 g/mol. The minimum absolute atomic E-state index is 0.105. The SMILES string of the molecule is CC(C)(C)c1ccc(Nc2ncc(C(=O)Nc3ccc(Cl)cc3)cn2)cc1. The average molecular weight is 381 g/mol. The molecule has 0 aliphatic rings. The molecule has 0 saturated carbocycles. The minimum Gasteiger partial charge on any atom is -0.324 e. The van der Waals surface area contributed by atoms with E-state index in [0.717, 1.165) is 5.69 Å². The number of rotatable bonds is 4. The molecule has 1 heterocycles. The Bertz CT molecular complexity index is 914. The first kappa shape index (κ1) is 18.9. The second-order valence-electron chi connectivity index (χ2n) is 7.21. The van der Waals surface area contributed by atoms with Crippen molar-refractivity contribution in [3.05, 3.63) is 77.1 Å². The number of halogens is 1. The summed E-state index contributed by atoms with van der Waals surface area (Å²) < 4.78 is 0. The zero-order chi connectivity index (χ0) is 19.4. The molecule has 0 bridgehead atoms. The molecule has 2 aromatic carbocycles. The number of amides is 1. The largest absolute Gasteiger partial charge is 0.324 e. The predicted molar refractivity (Wildman–Crippen MR) is 110 cm³/mol. The third kappa shape index (κ3) is 5.05. The highest BCUT2D eigenvalue weighted by Gasteiger charge is 2.13. The lowest BCUT2D eigenvalue weighted by Gasteiger charge is -2.19. The van der Waals surface area contributed by atoms with Gasteiger partial charge in [0.1, 0.15) is 0 Å². The number of benzene rings is 2. The van der Waals surface area contributed by atoms with Crippen molar-refractivity contribution in [2.75, 3.05) is 10.6 Å². The standard InChI is InChI=1S/C21H21ClN4O/c1-21(2,3)15-4-8-18(9-5-15)26-20-23-12-14(13-24-20)19(27)25-17-10-6-16(22)7-11-17/h4-13H,1-3H3,(H,25,27)(H,23,24,26). The van der Waals surface area contributed by atoms with Crippen LogP contribution < -0.4 is 10.6 Å². The molecule has 1 amide bonds. The summed E-state index contributed by atoms with van der Waals surface area (Å²) >= 11 is 5.84. The molecule has 138 valence electrons. The maximum atomic E-state index is 12.3. The van der Waals surface area contributed by atoms with Gasteiger partial charge in [-0.15, -0.1) is 0 Å². The van der Waals surface area contributed by atoms with E-state index in [9.17, 15) is 4.79 Å². The molecule has 0 saturated heterocycles. The summed E-state index contributed by atoms with van der Waals surface area (Å²) in [7, 11) is 0. The maximum Gasteiger partial charge on any atom is 0.258 e. The topological polar surface area (TPSA) is 66.9 Å². The van der Waals surface area contributed by atoms with Gasteiger partial charge in [0.2, 0.25) is 5.95 Å². The van der Waals surface area contributed by atoms with E-state index in [1.165, 1.54) is 18.0 Å². The molecule has 0 atom stereocenters. The summed E-state index contributed by atoms with van der Waals surface area (Å²) in [5, 5.41) is 6.53. The number of aromatic nitrogens is 2. The van der Waals surface area contributed by atoms with Crippen molar-refractivity contribution in [1.82, 2.24) is 9.97 Å². The predicted octanol–water partition coefficient (Wildman–Crippen LogP) is 5.42. The fourth-order valence-corrected chi connectivity index (χ4v) is 2.55. The molecular weight excluding hydrogens is 360 g/mol. The van der Waals surface area contributed by atoms with Gasteiger partial charge in [-0.3, -0.25) is 4.79 Å². The summed E-state index contributed by atoms with van der Waals surface area (Å²) in [5.41, 5.74) is 3.28. The lowest BCUT2D eigenvalue weighted by Crippen LogP contribution is -2.13. The van der Waals surface area contributed by atoms with E-state index in [1.807, 2.05) is 12.1 Å². The lowest BCUT2D eigenvalue weighted by molar-refractivity contribution is 0.102. The summed E-state index contributed by atoms with van der Waals surface area (Å²) in [5.74, 6) is 0.153. The first-order chi connectivity index (χ1) is 12.8. The first-order valence-corrected chi connectivity index (χ1v) is 8.95. The second-order valence-corrected chi connectivity index (χ2v) is 7.65. The van der Waals surface area contributed by atoms with E-state index in [0.29, 0.717) is 22.2 Å². The van der Waals surface area contributed by atoms with Crippen LogP contribution in [0.15, 0.2) is 60.9 Å². The number of nitrogens with zero attached hydrogens (tertiary/aromatic N) is 2. The summed E-state index contributed by atoms with van der Waals surface area (Å²) in [6.07, 6.45) is 2.98. The van der Waals surface area contributed by atoms with Crippen LogP contribution in [0.3, 0.4) is 0 Å². The second kappa shape index (κ2) is 7.76. The molecule has 27 heavy (non-hydrogen) atoms. The summed E-state index contributed by atoms with van der Waals surface area (Å²) in [6, 6.07) is 15.0. The highest BCUT2D eigenvalue weighted by atomic mass is 35.5. The zero-order valence-electron chi connectivity index (χ0n) is 15.5. The molecular formula is C21H21ClN4O. The first-order valence-electron chi connectivity index (χ1n) is 8.58. The van der Waals surface area contributed by atoms with Gasteiger partial charge in [0.15, 0.2) is 0 Å². The highest BCUT2D eigenvalue weighted by Crippen LogP contribution is 2.24. The minimum atomic E-state index is -0.279. The smallest absolute Gasteiger partial charge is 0.258 e. The molecule has 3 aromatic rings. The number of hydrogen-bond acceptors (Lipinski definition) is 4. The van der Waals surface area contributed by atoms with Crippen molar-refractivity contribution in [2.45, 2.75) is 26.2 Å². The molecule has 0 spiro atoms. The van der Waals surface area contributed by atoms with E-state index in [-0.39, 0.29) is 11.3 Å². The van der Waals surface area contributed by atoms with E-state index < -0.39 is 0 Å². The Kier molecular flexibility index (Phi) is 5.42. The Morgan fingerprint density at radius 2 is 1.44 bits per heavy atom. The molecule has 5 nitrogen and oxygen atoms in total. The number of carbonyl (C=O) groups excluding carboxylic acids is 1. The van der Waals surface area contributed by atoms with Crippen LogP contribution in [-0.4, -0.2) is 15.9 Å². The molecule has 0 aliphatic heterocycles. The van der Waals surface area contributed by atoms with Crippen LogP contribution in [0.5, 0.6) is 0 Å². The molecule has 0 fully saturated rings. The van der Waals surface area contributed by atoms with Crippen molar-refractivity contribution in [2.24, 2.45) is 0 Å². The van der Waals surface area contributed by atoms with Crippen LogP contribution in [0.1, 0.15) is 36.7 Å². The van der Waals surface area contributed by atoms with Crippen LogP contribution in [0, 0.1) is 0 Å². The summed E-state index contributed by atoms with van der Waals surface area (Å²) in [4.78, 5) is 20.7. The van der Waals surface area contributed by atoms with Gasteiger partial charge in [-0.25, -0.2) is 9.97 Å². The van der Waals surface area contributed by atoms with Crippen molar-refractivity contribution in [3.8, 4) is 0 Å². The highest BCUT2D eigenvalue weighted by molar-refractivity contribution is 6.30. The zero-order valence-corrected chi connectivity index (χ0v) is 16.2. The average Bonchev–Trinajstić information content (AvgIpc) is 2.64. The van der Waals surface area contributed by atoms with Crippen molar-refractivity contribution < 1.29 is 4.79 Å². The Hall–Kier alpha value is -2.92.